The minimum absolute atomic E-state index is 0.00634. The van der Waals surface area contributed by atoms with Crippen LogP contribution in [0.25, 0.3) is 5.65 Å². The van der Waals surface area contributed by atoms with E-state index < -0.39 is 5.97 Å². The summed E-state index contributed by atoms with van der Waals surface area (Å²) in [5, 5.41) is 8.78. The number of aromatic nitrogens is 3. The summed E-state index contributed by atoms with van der Waals surface area (Å²) >= 11 is 0. The van der Waals surface area contributed by atoms with Crippen LogP contribution in [0.1, 0.15) is 16.3 Å². The van der Waals surface area contributed by atoms with E-state index in [9.17, 15) is 4.79 Å². The summed E-state index contributed by atoms with van der Waals surface area (Å²) in [4.78, 5) is 18.7. The summed E-state index contributed by atoms with van der Waals surface area (Å²) < 4.78 is 6.56. The zero-order valence-corrected chi connectivity index (χ0v) is 8.26. The van der Waals surface area contributed by atoms with Crippen LogP contribution in [0.3, 0.4) is 0 Å². The fourth-order valence-electron chi connectivity index (χ4n) is 1.32. The van der Waals surface area contributed by atoms with E-state index in [2.05, 4.69) is 9.97 Å². The van der Waals surface area contributed by atoms with Crippen LogP contribution >= 0.6 is 0 Å². The molecule has 0 saturated heterocycles. The molecule has 0 aromatic carbocycles. The Bertz CT molecular complexity index is 533. The molecule has 0 saturated carbocycles. The molecule has 0 bridgehead atoms. The Morgan fingerprint density at radius 2 is 2.27 bits per heavy atom. The topological polar surface area (TPSA) is 76.7 Å². The van der Waals surface area contributed by atoms with Crippen molar-refractivity contribution in [1.29, 1.82) is 0 Å². The Balaban J connectivity index is 2.69. The van der Waals surface area contributed by atoms with Crippen molar-refractivity contribution in [2.75, 3.05) is 7.11 Å². The third-order valence-corrected chi connectivity index (χ3v) is 2.03. The second-order valence-corrected chi connectivity index (χ2v) is 3.01. The van der Waals surface area contributed by atoms with Crippen LogP contribution in [0.4, 0.5) is 0 Å². The molecular formula is C9H9N3O3. The maximum atomic E-state index is 10.7. The Hall–Kier alpha value is -2.11. The average Bonchev–Trinajstić information content (AvgIpc) is 2.61. The highest BCUT2D eigenvalue weighted by atomic mass is 16.5. The van der Waals surface area contributed by atoms with Gasteiger partial charge in [-0.25, -0.2) is 14.8 Å². The normalized spacial score (nSPS) is 10.5. The molecule has 2 heterocycles. The number of hydrogen-bond acceptors (Lipinski definition) is 4. The van der Waals surface area contributed by atoms with Gasteiger partial charge in [0, 0.05) is 12.3 Å². The standard InChI is InChI=1S/C9H9N3O3/c1-5-10-8(15-2)3-7-11-6(9(13)14)4-12(5)7/h3-4H,1-2H3,(H,13,14). The lowest BCUT2D eigenvalue weighted by atomic mass is 10.5. The van der Waals surface area contributed by atoms with Gasteiger partial charge in [0.15, 0.2) is 5.69 Å². The first kappa shape index (κ1) is 9.45. The number of aryl methyl sites for hydroxylation is 1. The minimum atomic E-state index is -1.06. The van der Waals surface area contributed by atoms with Gasteiger partial charge in [-0.2, -0.15) is 0 Å². The van der Waals surface area contributed by atoms with Gasteiger partial charge in [0.25, 0.3) is 0 Å². The predicted molar refractivity (Wildman–Crippen MR) is 51.2 cm³/mol. The fraction of sp³-hybridized carbons (Fsp3) is 0.222. The Labute approximate surface area is 85.2 Å². The van der Waals surface area contributed by atoms with Gasteiger partial charge in [-0.05, 0) is 6.92 Å². The Morgan fingerprint density at radius 1 is 1.53 bits per heavy atom. The zero-order valence-electron chi connectivity index (χ0n) is 8.26. The molecule has 0 atom stereocenters. The van der Waals surface area contributed by atoms with Crippen molar-refractivity contribution < 1.29 is 14.6 Å². The highest BCUT2D eigenvalue weighted by molar-refractivity contribution is 5.86. The zero-order chi connectivity index (χ0) is 11.0. The molecule has 0 spiro atoms. The molecule has 1 N–H and O–H groups in total. The number of imidazole rings is 1. The van der Waals surface area contributed by atoms with Gasteiger partial charge in [0.1, 0.15) is 11.5 Å². The maximum Gasteiger partial charge on any atom is 0.356 e. The second kappa shape index (κ2) is 3.23. The van der Waals surface area contributed by atoms with Gasteiger partial charge < -0.3 is 9.84 Å². The third kappa shape index (κ3) is 1.50. The molecule has 0 aliphatic heterocycles. The van der Waals surface area contributed by atoms with Crippen LogP contribution in [0.5, 0.6) is 5.88 Å². The molecule has 0 aliphatic rings. The molecule has 2 aromatic rings. The molecule has 0 fully saturated rings. The lowest BCUT2D eigenvalue weighted by Crippen LogP contribution is -1.97. The molecule has 0 amide bonds. The van der Waals surface area contributed by atoms with Crippen molar-refractivity contribution >= 4 is 11.6 Å². The van der Waals surface area contributed by atoms with Gasteiger partial charge >= 0.3 is 5.97 Å². The number of methoxy groups -OCH3 is 1. The number of carboxylic acids is 1. The molecular weight excluding hydrogens is 198 g/mol. The minimum Gasteiger partial charge on any atom is -0.481 e. The van der Waals surface area contributed by atoms with E-state index in [0.717, 1.165) is 0 Å². The average molecular weight is 207 g/mol. The van der Waals surface area contributed by atoms with Gasteiger partial charge in [0.2, 0.25) is 5.88 Å². The molecule has 2 rings (SSSR count). The quantitative estimate of drug-likeness (QED) is 0.786. The summed E-state index contributed by atoms with van der Waals surface area (Å²) in [6.07, 6.45) is 1.43. The van der Waals surface area contributed by atoms with E-state index >= 15 is 0 Å². The Kier molecular flexibility index (Phi) is 2.03. The monoisotopic (exact) mass is 207 g/mol. The van der Waals surface area contributed by atoms with E-state index in [0.29, 0.717) is 17.4 Å². The van der Waals surface area contributed by atoms with Crippen LogP contribution in [-0.2, 0) is 0 Å². The molecule has 0 aliphatic carbocycles. The molecule has 6 nitrogen and oxygen atoms in total. The van der Waals surface area contributed by atoms with Gasteiger partial charge in [-0.3, -0.25) is 4.40 Å². The van der Waals surface area contributed by atoms with Crippen molar-refractivity contribution in [3.8, 4) is 5.88 Å². The van der Waals surface area contributed by atoms with Crippen LogP contribution < -0.4 is 4.74 Å². The first-order valence-corrected chi connectivity index (χ1v) is 4.26. The lowest BCUT2D eigenvalue weighted by molar-refractivity contribution is 0.0691. The Morgan fingerprint density at radius 3 is 2.87 bits per heavy atom. The number of nitrogens with zero attached hydrogens (tertiary/aromatic N) is 3. The van der Waals surface area contributed by atoms with Gasteiger partial charge in [-0.1, -0.05) is 0 Å². The van der Waals surface area contributed by atoms with Crippen molar-refractivity contribution in [1.82, 2.24) is 14.4 Å². The number of rotatable bonds is 2. The summed E-state index contributed by atoms with van der Waals surface area (Å²) in [7, 11) is 1.50. The van der Waals surface area contributed by atoms with Crippen molar-refractivity contribution in [2.24, 2.45) is 0 Å². The largest absolute Gasteiger partial charge is 0.481 e. The van der Waals surface area contributed by atoms with Crippen LogP contribution in [-0.4, -0.2) is 32.6 Å². The molecule has 2 aromatic heterocycles. The van der Waals surface area contributed by atoms with Gasteiger partial charge in [-0.15, -0.1) is 0 Å². The van der Waals surface area contributed by atoms with E-state index in [1.165, 1.54) is 13.3 Å². The van der Waals surface area contributed by atoms with Crippen molar-refractivity contribution in [3.05, 3.63) is 23.8 Å². The summed E-state index contributed by atoms with van der Waals surface area (Å²) in [5.74, 6) is -0.0102. The summed E-state index contributed by atoms with van der Waals surface area (Å²) in [6.45, 7) is 1.75. The number of hydrogen-bond donors (Lipinski definition) is 1. The van der Waals surface area contributed by atoms with Gasteiger partial charge in [0.05, 0.1) is 7.11 Å². The molecule has 6 heteroatoms. The van der Waals surface area contributed by atoms with E-state index in [1.807, 2.05) is 0 Å². The highest BCUT2D eigenvalue weighted by Gasteiger charge is 2.11. The van der Waals surface area contributed by atoms with Crippen molar-refractivity contribution in [3.63, 3.8) is 0 Å². The predicted octanol–water partition coefficient (Wildman–Crippen LogP) is 0.745. The van der Waals surface area contributed by atoms with E-state index in [4.69, 9.17) is 9.84 Å². The maximum absolute atomic E-state index is 10.7. The molecule has 0 radical (unpaired) electrons. The fourth-order valence-corrected chi connectivity index (χ4v) is 1.32. The first-order chi connectivity index (χ1) is 7.11. The first-order valence-electron chi connectivity index (χ1n) is 4.26. The second-order valence-electron chi connectivity index (χ2n) is 3.01. The van der Waals surface area contributed by atoms with Crippen molar-refractivity contribution in [2.45, 2.75) is 6.92 Å². The molecule has 78 valence electrons. The lowest BCUT2D eigenvalue weighted by Gasteiger charge is -2.01. The molecule has 0 unspecified atom stereocenters. The number of aromatic carboxylic acids is 1. The van der Waals surface area contributed by atoms with E-state index in [1.54, 1.807) is 17.4 Å². The SMILES string of the molecule is COc1cc2nc(C(=O)O)cn2c(C)n1. The number of carboxylic acid groups (broad SMARTS) is 1. The summed E-state index contributed by atoms with van der Waals surface area (Å²) in [5.41, 5.74) is 0.505. The summed E-state index contributed by atoms with van der Waals surface area (Å²) in [6, 6.07) is 1.58. The number of carbonyl (C=O) groups is 1. The van der Waals surface area contributed by atoms with Crippen LogP contribution in [0.15, 0.2) is 12.3 Å². The van der Waals surface area contributed by atoms with Crippen LogP contribution in [0, 0.1) is 6.92 Å². The van der Waals surface area contributed by atoms with E-state index in [-0.39, 0.29) is 5.69 Å². The van der Waals surface area contributed by atoms with Crippen LogP contribution in [0.2, 0.25) is 0 Å². The third-order valence-electron chi connectivity index (χ3n) is 2.03. The number of fused-ring (bicyclic) bond motifs is 1. The molecule has 15 heavy (non-hydrogen) atoms. The highest BCUT2D eigenvalue weighted by Crippen LogP contribution is 2.13. The number of ether oxygens (including phenoxy) is 1. The smallest absolute Gasteiger partial charge is 0.356 e.